The quantitative estimate of drug-likeness (QED) is 0.149. The van der Waals surface area contributed by atoms with E-state index in [1.807, 2.05) is 6.92 Å². The van der Waals surface area contributed by atoms with Crippen LogP contribution in [0.25, 0.3) is 6.08 Å². The summed E-state index contributed by atoms with van der Waals surface area (Å²) in [5, 5.41) is 10.4. The summed E-state index contributed by atoms with van der Waals surface area (Å²) in [6.07, 6.45) is 1.50. The molecule has 10 nitrogen and oxygen atoms in total. The van der Waals surface area contributed by atoms with Gasteiger partial charge in [0.25, 0.3) is 16.8 Å². The summed E-state index contributed by atoms with van der Waals surface area (Å²) in [7, 11) is -4.11. The van der Waals surface area contributed by atoms with E-state index in [4.69, 9.17) is 8.92 Å². The highest BCUT2D eigenvalue weighted by atomic mass is 32.2. The van der Waals surface area contributed by atoms with E-state index in [0.717, 1.165) is 22.2 Å². The second-order valence-corrected chi connectivity index (χ2v) is 10.7. The van der Waals surface area contributed by atoms with Gasteiger partial charge in [-0.3, -0.25) is 24.6 Å². The average Bonchev–Trinajstić information content (AvgIpc) is 3.13. The molecule has 3 aromatic rings. The Morgan fingerprint density at radius 3 is 2.32 bits per heavy atom. The molecule has 0 atom stereocenters. The summed E-state index contributed by atoms with van der Waals surface area (Å²) in [4.78, 5) is 36.9. The Morgan fingerprint density at radius 2 is 1.68 bits per heavy atom. The predicted molar refractivity (Wildman–Crippen MR) is 141 cm³/mol. The van der Waals surface area contributed by atoms with Gasteiger partial charge >= 0.3 is 10.1 Å². The number of nitro groups is 1. The number of thioether (sulfide) groups is 1. The molecule has 12 heteroatoms. The first kappa shape index (κ1) is 26.9. The van der Waals surface area contributed by atoms with E-state index in [-0.39, 0.29) is 40.1 Å². The Balaban J connectivity index is 1.54. The first-order chi connectivity index (χ1) is 18.1. The number of benzene rings is 3. The SMILES string of the molecule is CCOc1cc(/C=C2\SC(=O)N(Cc3ccc([N+](=O)[O-])cc3)C2=O)ccc1OS(=O)(=O)c1ccc(C)cc1. The van der Waals surface area contributed by atoms with Crippen LogP contribution < -0.4 is 8.92 Å². The third kappa shape index (κ3) is 6.03. The first-order valence-corrected chi connectivity index (χ1v) is 13.6. The van der Waals surface area contributed by atoms with Crippen LogP contribution in [0.3, 0.4) is 0 Å². The maximum atomic E-state index is 12.9. The summed E-state index contributed by atoms with van der Waals surface area (Å²) in [5.74, 6) is -0.378. The van der Waals surface area contributed by atoms with Gasteiger partial charge < -0.3 is 8.92 Å². The van der Waals surface area contributed by atoms with Gasteiger partial charge in [0, 0.05) is 12.1 Å². The van der Waals surface area contributed by atoms with E-state index >= 15 is 0 Å². The van der Waals surface area contributed by atoms with E-state index < -0.39 is 26.2 Å². The van der Waals surface area contributed by atoms with Crippen molar-refractivity contribution >= 4 is 44.8 Å². The number of nitrogens with zero attached hydrogens (tertiary/aromatic N) is 2. The minimum atomic E-state index is -4.11. The van der Waals surface area contributed by atoms with Crippen molar-refractivity contribution in [3.05, 3.63) is 98.4 Å². The molecule has 0 aromatic heterocycles. The van der Waals surface area contributed by atoms with Crippen molar-refractivity contribution in [2.45, 2.75) is 25.3 Å². The van der Waals surface area contributed by atoms with Gasteiger partial charge in [-0.1, -0.05) is 35.9 Å². The number of rotatable bonds is 9. The number of aryl methyl sites for hydroxylation is 1. The van der Waals surface area contributed by atoms with Gasteiger partial charge in [-0.15, -0.1) is 0 Å². The first-order valence-electron chi connectivity index (χ1n) is 11.3. The fourth-order valence-electron chi connectivity index (χ4n) is 3.52. The van der Waals surface area contributed by atoms with Crippen molar-refractivity contribution in [2.75, 3.05) is 6.61 Å². The molecule has 2 amide bonds. The molecule has 0 aliphatic carbocycles. The number of nitro benzene ring substituents is 1. The van der Waals surface area contributed by atoms with Gasteiger partial charge in [-0.05, 0) is 67.1 Å². The lowest BCUT2D eigenvalue weighted by Gasteiger charge is -2.13. The Morgan fingerprint density at radius 1 is 1.00 bits per heavy atom. The third-order valence-corrected chi connectivity index (χ3v) is 7.59. The molecule has 1 fully saturated rings. The summed E-state index contributed by atoms with van der Waals surface area (Å²) in [6, 6.07) is 16.3. The van der Waals surface area contributed by atoms with E-state index in [9.17, 15) is 28.1 Å². The molecule has 4 rings (SSSR count). The Kier molecular flexibility index (Phi) is 7.83. The molecule has 3 aromatic carbocycles. The van der Waals surface area contributed by atoms with Crippen molar-refractivity contribution < 1.29 is 31.9 Å². The van der Waals surface area contributed by atoms with Crippen LogP contribution in [0.15, 0.2) is 76.5 Å². The summed E-state index contributed by atoms with van der Waals surface area (Å²) in [6.45, 7) is 3.77. The zero-order valence-electron chi connectivity index (χ0n) is 20.3. The molecule has 0 saturated carbocycles. The van der Waals surface area contributed by atoms with Crippen LogP contribution in [0.2, 0.25) is 0 Å². The van der Waals surface area contributed by atoms with E-state index in [0.29, 0.717) is 11.1 Å². The number of hydrogen-bond acceptors (Lipinski definition) is 9. The van der Waals surface area contributed by atoms with Gasteiger partial charge in [0.05, 0.1) is 23.0 Å². The van der Waals surface area contributed by atoms with Crippen LogP contribution >= 0.6 is 11.8 Å². The Bertz CT molecular complexity index is 1530. The normalized spacial score (nSPS) is 14.7. The zero-order chi connectivity index (χ0) is 27.4. The van der Waals surface area contributed by atoms with Gasteiger partial charge in [0.15, 0.2) is 11.5 Å². The number of hydrogen-bond donors (Lipinski definition) is 0. The second kappa shape index (κ2) is 11.1. The van der Waals surface area contributed by atoms with Crippen molar-refractivity contribution in [2.24, 2.45) is 0 Å². The molecule has 0 unspecified atom stereocenters. The van der Waals surface area contributed by atoms with Gasteiger partial charge in [-0.2, -0.15) is 8.42 Å². The smallest absolute Gasteiger partial charge is 0.339 e. The van der Waals surface area contributed by atoms with Crippen LogP contribution in [0.5, 0.6) is 11.5 Å². The Labute approximate surface area is 223 Å². The Hall–Kier alpha value is -4.16. The van der Waals surface area contributed by atoms with Crippen LogP contribution in [0, 0.1) is 17.0 Å². The van der Waals surface area contributed by atoms with Crippen LogP contribution in [-0.2, 0) is 21.5 Å². The minimum absolute atomic E-state index is 0.00341. The number of amides is 2. The zero-order valence-corrected chi connectivity index (χ0v) is 22.0. The summed E-state index contributed by atoms with van der Waals surface area (Å²) < 4.78 is 36.4. The number of ether oxygens (including phenoxy) is 1. The molecular weight excluding hydrogens is 532 g/mol. The number of carbonyl (C=O) groups excluding carboxylic acids is 2. The van der Waals surface area contributed by atoms with Crippen molar-refractivity contribution in [1.82, 2.24) is 4.90 Å². The fourth-order valence-corrected chi connectivity index (χ4v) is 5.29. The van der Waals surface area contributed by atoms with Crippen LogP contribution in [0.4, 0.5) is 10.5 Å². The molecule has 0 radical (unpaired) electrons. The maximum absolute atomic E-state index is 12.9. The van der Waals surface area contributed by atoms with Gasteiger partial charge in [0.2, 0.25) is 0 Å². The molecule has 1 heterocycles. The predicted octanol–water partition coefficient (Wildman–Crippen LogP) is 5.31. The minimum Gasteiger partial charge on any atom is -0.490 e. The largest absolute Gasteiger partial charge is 0.490 e. The molecule has 1 aliphatic rings. The molecule has 38 heavy (non-hydrogen) atoms. The van der Waals surface area contributed by atoms with Crippen molar-refractivity contribution in [3.8, 4) is 11.5 Å². The number of carbonyl (C=O) groups is 2. The van der Waals surface area contributed by atoms with Crippen molar-refractivity contribution in [3.63, 3.8) is 0 Å². The standard InChI is InChI=1S/C26H22N2O8S2/c1-3-35-23-14-19(8-13-22(23)36-38(33,34)21-11-4-17(2)5-12-21)15-24-25(29)27(26(30)37-24)16-18-6-9-20(10-7-18)28(31)32/h4-15H,3,16H2,1-2H3/b24-15-. The fraction of sp³-hybridized carbons (Fsp3) is 0.154. The molecule has 0 N–H and O–H groups in total. The number of non-ortho nitro benzene ring substituents is 1. The van der Waals surface area contributed by atoms with Gasteiger partial charge in [0.1, 0.15) is 4.90 Å². The lowest BCUT2D eigenvalue weighted by atomic mass is 10.1. The molecule has 1 aliphatic heterocycles. The molecule has 1 saturated heterocycles. The maximum Gasteiger partial charge on any atom is 0.339 e. The van der Waals surface area contributed by atoms with Crippen LogP contribution in [0.1, 0.15) is 23.6 Å². The molecule has 196 valence electrons. The lowest BCUT2D eigenvalue weighted by Crippen LogP contribution is -2.27. The third-order valence-electron chi connectivity index (χ3n) is 5.44. The summed E-state index contributed by atoms with van der Waals surface area (Å²) in [5.41, 5.74) is 1.87. The molecule has 0 bridgehead atoms. The second-order valence-electron chi connectivity index (χ2n) is 8.18. The van der Waals surface area contributed by atoms with E-state index in [2.05, 4.69) is 0 Å². The summed E-state index contributed by atoms with van der Waals surface area (Å²) >= 11 is 0.758. The topological polar surface area (TPSA) is 133 Å². The van der Waals surface area contributed by atoms with Gasteiger partial charge in [-0.25, -0.2) is 0 Å². The average molecular weight is 555 g/mol. The highest BCUT2D eigenvalue weighted by Gasteiger charge is 2.35. The van der Waals surface area contributed by atoms with E-state index in [1.54, 1.807) is 25.1 Å². The van der Waals surface area contributed by atoms with Crippen LogP contribution in [-0.4, -0.2) is 36.0 Å². The van der Waals surface area contributed by atoms with E-state index in [1.165, 1.54) is 54.6 Å². The highest BCUT2D eigenvalue weighted by molar-refractivity contribution is 8.18. The number of imide groups is 1. The monoisotopic (exact) mass is 554 g/mol. The van der Waals surface area contributed by atoms with Crippen molar-refractivity contribution in [1.29, 1.82) is 0 Å². The lowest BCUT2D eigenvalue weighted by molar-refractivity contribution is -0.384. The highest BCUT2D eigenvalue weighted by Crippen LogP contribution is 2.36. The molecular formula is C26H22N2O8S2. The molecule has 0 spiro atoms.